The molecule has 1 saturated heterocycles. The highest BCUT2D eigenvalue weighted by Crippen LogP contribution is 2.15. The van der Waals surface area contributed by atoms with Crippen molar-refractivity contribution in [2.24, 2.45) is 0 Å². The molecule has 0 spiro atoms. The number of hydrogen-bond acceptors (Lipinski definition) is 6. The van der Waals surface area contributed by atoms with Crippen molar-refractivity contribution in [2.45, 2.75) is 6.54 Å². The highest BCUT2D eigenvalue weighted by Gasteiger charge is 2.19. The number of aromatic nitrogens is 4. The molecule has 7 nitrogen and oxygen atoms in total. The van der Waals surface area contributed by atoms with Gasteiger partial charge in [-0.3, -0.25) is 9.80 Å². The second-order valence-corrected chi connectivity index (χ2v) is 7.20. The molecular weight excluding hydrogens is 376 g/mol. The van der Waals surface area contributed by atoms with E-state index in [1.54, 1.807) is 0 Å². The lowest BCUT2D eigenvalue weighted by molar-refractivity contribution is 0.110. The molecule has 0 radical (unpaired) electrons. The van der Waals surface area contributed by atoms with Crippen LogP contribution in [0.25, 0.3) is 5.69 Å². The topological polar surface area (TPSA) is 59.3 Å². The summed E-state index contributed by atoms with van der Waals surface area (Å²) < 4.78 is 7.61. The monoisotopic (exact) mass is 398 g/mol. The number of ether oxygens (including phenoxy) is 1. The van der Waals surface area contributed by atoms with Gasteiger partial charge in [0.1, 0.15) is 12.4 Å². The second kappa shape index (κ2) is 9.14. The van der Waals surface area contributed by atoms with E-state index < -0.39 is 0 Å². The van der Waals surface area contributed by atoms with Crippen molar-refractivity contribution in [3.8, 4) is 11.4 Å². The van der Waals surface area contributed by atoms with Gasteiger partial charge in [0.25, 0.3) is 0 Å². The van der Waals surface area contributed by atoms with Crippen LogP contribution in [-0.2, 0) is 6.54 Å². The quantitative estimate of drug-likeness (QED) is 0.609. The summed E-state index contributed by atoms with van der Waals surface area (Å²) >= 11 is 5.89. The highest BCUT2D eigenvalue weighted by atomic mass is 35.5. The summed E-state index contributed by atoms with van der Waals surface area (Å²) in [5.41, 5.74) is 0.987. The predicted octanol–water partition coefficient (Wildman–Crippen LogP) is 2.51. The van der Waals surface area contributed by atoms with E-state index in [1.807, 2.05) is 59.3 Å². The summed E-state index contributed by atoms with van der Waals surface area (Å²) in [6.07, 6.45) is 0. The molecule has 0 unspecified atom stereocenters. The Morgan fingerprint density at radius 1 is 0.893 bits per heavy atom. The summed E-state index contributed by atoms with van der Waals surface area (Å²) in [6, 6.07) is 17.5. The Labute approximate surface area is 169 Å². The molecule has 2 heterocycles. The van der Waals surface area contributed by atoms with Crippen LogP contribution in [0.4, 0.5) is 0 Å². The van der Waals surface area contributed by atoms with Crippen LogP contribution >= 0.6 is 11.6 Å². The molecule has 0 N–H and O–H groups in total. The van der Waals surface area contributed by atoms with Crippen molar-refractivity contribution in [2.75, 3.05) is 39.3 Å². The Morgan fingerprint density at radius 2 is 1.61 bits per heavy atom. The van der Waals surface area contributed by atoms with Gasteiger partial charge >= 0.3 is 0 Å². The van der Waals surface area contributed by atoms with E-state index in [0.29, 0.717) is 6.61 Å². The number of para-hydroxylation sites is 1. The average Bonchev–Trinajstić information content (AvgIpc) is 3.20. The van der Waals surface area contributed by atoms with Crippen LogP contribution < -0.4 is 4.74 Å². The van der Waals surface area contributed by atoms with E-state index in [1.165, 1.54) is 0 Å². The zero-order valence-corrected chi connectivity index (χ0v) is 16.4. The average molecular weight is 399 g/mol. The van der Waals surface area contributed by atoms with Gasteiger partial charge < -0.3 is 4.74 Å². The fourth-order valence-electron chi connectivity index (χ4n) is 3.27. The molecule has 28 heavy (non-hydrogen) atoms. The van der Waals surface area contributed by atoms with Crippen molar-refractivity contribution < 1.29 is 4.74 Å². The third-order valence-corrected chi connectivity index (χ3v) is 5.11. The number of piperazine rings is 1. The van der Waals surface area contributed by atoms with Gasteiger partial charge in [0.2, 0.25) is 0 Å². The molecule has 8 heteroatoms. The zero-order chi connectivity index (χ0) is 19.2. The van der Waals surface area contributed by atoms with Crippen LogP contribution in [-0.4, -0.2) is 69.3 Å². The van der Waals surface area contributed by atoms with Crippen molar-refractivity contribution in [1.82, 2.24) is 30.0 Å². The van der Waals surface area contributed by atoms with E-state index in [0.717, 1.165) is 61.6 Å². The van der Waals surface area contributed by atoms with Crippen molar-refractivity contribution in [1.29, 1.82) is 0 Å². The number of tetrazole rings is 1. The first-order chi connectivity index (χ1) is 13.8. The maximum Gasteiger partial charge on any atom is 0.170 e. The summed E-state index contributed by atoms with van der Waals surface area (Å²) in [5.74, 6) is 1.72. The molecular formula is C20H23ClN6O. The third-order valence-electron chi connectivity index (χ3n) is 4.85. The van der Waals surface area contributed by atoms with Crippen molar-refractivity contribution in [3.05, 3.63) is 65.4 Å². The summed E-state index contributed by atoms with van der Waals surface area (Å²) in [4.78, 5) is 4.81. The molecule has 0 saturated carbocycles. The Morgan fingerprint density at radius 3 is 2.36 bits per heavy atom. The molecule has 0 amide bonds. The molecule has 146 valence electrons. The maximum absolute atomic E-state index is 5.89. The molecule has 1 fully saturated rings. The summed E-state index contributed by atoms with van der Waals surface area (Å²) in [6.45, 7) is 6.34. The van der Waals surface area contributed by atoms with E-state index in [9.17, 15) is 0 Å². The molecule has 1 aromatic heterocycles. The molecule has 1 aliphatic heterocycles. The minimum atomic E-state index is 0.674. The van der Waals surface area contributed by atoms with Crippen LogP contribution in [0.2, 0.25) is 5.02 Å². The minimum Gasteiger partial charge on any atom is -0.492 e. The summed E-state index contributed by atoms with van der Waals surface area (Å²) in [7, 11) is 0. The molecule has 0 aliphatic carbocycles. The third kappa shape index (κ3) is 4.86. The predicted molar refractivity (Wildman–Crippen MR) is 108 cm³/mol. The molecule has 4 rings (SSSR count). The SMILES string of the molecule is Clc1ccc(OCCN2CCN(Cc3nnnn3-c3ccccc3)CC2)cc1. The molecule has 3 aromatic rings. The minimum absolute atomic E-state index is 0.674. The number of halogens is 1. The van der Waals surface area contributed by atoms with Crippen LogP contribution in [0.3, 0.4) is 0 Å². The Bertz CT molecular complexity index is 862. The maximum atomic E-state index is 5.89. The first-order valence-electron chi connectivity index (χ1n) is 9.44. The number of rotatable bonds is 7. The van der Waals surface area contributed by atoms with E-state index in [2.05, 4.69) is 25.3 Å². The van der Waals surface area contributed by atoms with Crippen LogP contribution in [0.15, 0.2) is 54.6 Å². The Balaban J connectivity index is 1.23. The van der Waals surface area contributed by atoms with E-state index in [4.69, 9.17) is 16.3 Å². The lowest BCUT2D eigenvalue weighted by atomic mass is 10.3. The first-order valence-corrected chi connectivity index (χ1v) is 9.81. The Hall–Kier alpha value is -2.48. The highest BCUT2D eigenvalue weighted by molar-refractivity contribution is 6.30. The Kier molecular flexibility index (Phi) is 6.16. The fourth-order valence-corrected chi connectivity index (χ4v) is 3.39. The standard InChI is InChI=1S/C20H23ClN6O/c21-17-6-8-19(9-7-17)28-15-14-25-10-12-26(13-11-25)16-20-22-23-24-27(20)18-4-2-1-3-5-18/h1-9H,10-16H2. The van der Waals surface area contributed by atoms with Gasteiger partial charge in [0.05, 0.1) is 12.2 Å². The van der Waals surface area contributed by atoms with Crippen molar-refractivity contribution in [3.63, 3.8) is 0 Å². The second-order valence-electron chi connectivity index (χ2n) is 6.76. The number of nitrogens with zero attached hydrogens (tertiary/aromatic N) is 6. The van der Waals surface area contributed by atoms with Gasteiger partial charge in [-0.1, -0.05) is 29.8 Å². The van der Waals surface area contributed by atoms with Gasteiger partial charge in [0, 0.05) is 37.7 Å². The molecule has 0 atom stereocenters. The van der Waals surface area contributed by atoms with Gasteiger partial charge in [-0.25, -0.2) is 0 Å². The lowest BCUT2D eigenvalue weighted by Crippen LogP contribution is -2.47. The van der Waals surface area contributed by atoms with Crippen molar-refractivity contribution >= 4 is 11.6 Å². The van der Waals surface area contributed by atoms with Gasteiger partial charge in [-0.05, 0) is 46.8 Å². The summed E-state index contributed by atoms with van der Waals surface area (Å²) in [5, 5.41) is 12.9. The van der Waals surface area contributed by atoms with E-state index >= 15 is 0 Å². The first kappa shape index (κ1) is 18.9. The number of benzene rings is 2. The van der Waals surface area contributed by atoms with Gasteiger partial charge in [-0.15, -0.1) is 5.10 Å². The molecule has 0 bridgehead atoms. The fraction of sp³-hybridized carbons (Fsp3) is 0.350. The largest absolute Gasteiger partial charge is 0.492 e. The zero-order valence-electron chi connectivity index (χ0n) is 15.6. The van der Waals surface area contributed by atoms with E-state index in [-0.39, 0.29) is 0 Å². The lowest BCUT2D eigenvalue weighted by Gasteiger charge is -2.34. The molecule has 1 aliphatic rings. The van der Waals surface area contributed by atoms with Crippen LogP contribution in [0.1, 0.15) is 5.82 Å². The van der Waals surface area contributed by atoms with Gasteiger partial charge in [-0.2, -0.15) is 4.68 Å². The normalized spacial score (nSPS) is 15.6. The van der Waals surface area contributed by atoms with Crippen LogP contribution in [0, 0.1) is 0 Å². The smallest absolute Gasteiger partial charge is 0.170 e. The van der Waals surface area contributed by atoms with Crippen LogP contribution in [0.5, 0.6) is 5.75 Å². The van der Waals surface area contributed by atoms with Gasteiger partial charge in [0.15, 0.2) is 5.82 Å². The molecule has 2 aromatic carbocycles. The number of hydrogen-bond donors (Lipinski definition) is 0.